The van der Waals surface area contributed by atoms with Crippen LogP contribution >= 0.6 is 58.0 Å². The third kappa shape index (κ3) is 3.43. The topological polar surface area (TPSA) is 18.8 Å². The van der Waals surface area contributed by atoms with Crippen molar-refractivity contribution >= 4 is 64.3 Å². The van der Waals surface area contributed by atoms with Crippen LogP contribution in [0.3, 0.4) is 0 Å². The van der Waals surface area contributed by atoms with Crippen molar-refractivity contribution in [3.8, 4) is 0 Å². The summed E-state index contributed by atoms with van der Waals surface area (Å²) in [4.78, 5) is 1.58. The average molecular weight is 356 g/mol. The van der Waals surface area contributed by atoms with E-state index in [4.69, 9.17) is 58.0 Å². The van der Waals surface area contributed by atoms with E-state index in [9.17, 15) is 0 Å². The SMILES string of the molecule is CCCCN1N=CN(C(Cl)(Cl)C(Cl)(Cl)Cl)C1CC. The lowest BCUT2D eigenvalue weighted by atomic mass is 10.3. The van der Waals surface area contributed by atoms with Gasteiger partial charge in [0.05, 0.1) is 0 Å². The molecule has 0 amide bonds. The number of rotatable bonds is 5. The molecule has 0 N–H and O–H groups in total. The number of halogens is 5. The van der Waals surface area contributed by atoms with Gasteiger partial charge in [0.1, 0.15) is 12.5 Å². The predicted molar refractivity (Wildman–Crippen MR) is 80.8 cm³/mol. The van der Waals surface area contributed by atoms with Crippen LogP contribution in [0.5, 0.6) is 0 Å². The molecule has 1 unspecified atom stereocenters. The van der Waals surface area contributed by atoms with Gasteiger partial charge in [0.25, 0.3) is 0 Å². The standard InChI is InChI=1S/C10H16Cl5N3/c1-3-5-6-18-8(4-2)17(7-16-18)10(14,15)9(11,12)13/h7-8H,3-6H2,1-2H3. The normalized spacial score (nSPS) is 20.9. The third-order valence-electron chi connectivity index (χ3n) is 2.76. The van der Waals surface area contributed by atoms with Crippen LogP contribution in [0.15, 0.2) is 5.10 Å². The maximum Gasteiger partial charge on any atom is 0.241 e. The number of nitrogens with zero attached hydrogens (tertiary/aromatic N) is 3. The highest BCUT2D eigenvalue weighted by atomic mass is 35.6. The van der Waals surface area contributed by atoms with Crippen molar-refractivity contribution in [2.45, 2.75) is 47.5 Å². The molecule has 1 rings (SSSR count). The Hall–Kier alpha value is 0.720. The lowest BCUT2D eigenvalue weighted by Gasteiger charge is -2.40. The smallest absolute Gasteiger partial charge is 0.241 e. The van der Waals surface area contributed by atoms with Gasteiger partial charge in [-0.3, -0.25) is 5.01 Å². The van der Waals surface area contributed by atoms with Crippen LogP contribution in [-0.2, 0) is 0 Å². The Morgan fingerprint density at radius 1 is 1.17 bits per heavy atom. The Morgan fingerprint density at radius 2 is 1.78 bits per heavy atom. The molecule has 0 aromatic carbocycles. The van der Waals surface area contributed by atoms with E-state index < -0.39 is 8.25 Å². The summed E-state index contributed by atoms with van der Waals surface area (Å²) >= 11 is 29.8. The molecule has 8 heteroatoms. The summed E-state index contributed by atoms with van der Waals surface area (Å²) < 4.78 is -3.47. The minimum absolute atomic E-state index is 0.0952. The largest absolute Gasteiger partial charge is 0.304 e. The molecular weight excluding hydrogens is 339 g/mol. The van der Waals surface area contributed by atoms with Crippen molar-refractivity contribution < 1.29 is 0 Å². The Morgan fingerprint density at radius 3 is 2.22 bits per heavy atom. The monoisotopic (exact) mass is 353 g/mol. The fraction of sp³-hybridized carbons (Fsp3) is 0.900. The van der Waals surface area contributed by atoms with Gasteiger partial charge in [0.2, 0.25) is 8.25 Å². The van der Waals surface area contributed by atoms with Gasteiger partial charge < -0.3 is 4.90 Å². The highest BCUT2D eigenvalue weighted by molar-refractivity contribution is 6.75. The number of unbranched alkanes of at least 4 members (excludes halogenated alkanes) is 1. The Labute approximate surface area is 133 Å². The molecule has 0 spiro atoms. The first kappa shape index (κ1) is 16.8. The van der Waals surface area contributed by atoms with Crippen LogP contribution in [0.25, 0.3) is 0 Å². The van der Waals surface area contributed by atoms with Crippen molar-refractivity contribution in [2.24, 2.45) is 5.10 Å². The average Bonchev–Trinajstić information content (AvgIpc) is 2.67. The first-order chi connectivity index (χ1) is 8.25. The maximum atomic E-state index is 6.17. The van der Waals surface area contributed by atoms with E-state index in [1.165, 1.54) is 6.34 Å². The minimum atomic E-state index is -1.82. The zero-order chi connectivity index (χ0) is 14.0. The van der Waals surface area contributed by atoms with Crippen LogP contribution < -0.4 is 0 Å². The second-order valence-corrected chi connectivity index (χ2v) is 7.65. The van der Waals surface area contributed by atoms with Gasteiger partial charge in [-0.1, -0.05) is 78.3 Å². The number of alkyl halides is 5. The Balaban J connectivity index is 2.83. The highest BCUT2D eigenvalue weighted by Gasteiger charge is 2.53. The highest BCUT2D eigenvalue weighted by Crippen LogP contribution is 2.49. The van der Waals surface area contributed by atoms with Gasteiger partial charge in [-0.15, -0.1) is 0 Å². The lowest BCUT2D eigenvalue weighted by Crippen LogP contribution is -2.54. The van der Waals surface area contributed by atoms with Crippen molar-refractivity contribution in [2.75, 3.05) is 6.54 Å². The molecule has 0 aliphatic carbocycles. The van der Waals surface area contributed by atoms with Gasteiger partial charge in [0.15, 0.2) is 0 Å². The molecule has 0 fully saturated rings. The minimum Gasteiger partial charge on any atom is -0.304 e. The maximum absolute atomic E-state index is 6.17. The molecule has 1 atom stereocenters. The Bertz CT molecular complexity index is 302. The van der Waals surface area contributed by atoms with Crippen molar-refractivity contribution in [1.29, 1.82) is 0 Å². The van der Waals surface area contributed by atoms with Crippen LogP contribution in [-0.4, -0.2) is 37.2 Å². The van der Waals surface area contributed by atoms with Crippen molar-refractivity contribution in [3.63, 3.8) is 0 Å². The third-order valence-corrected chi connectivity index (χ3v) is 5.12. The summed E-state index contributed by atoms with van der Waals surface area (Å²) in [6.45, 7) is 4.95. The van der Waals surface area contributed by atoms with Gasteiger partial charge in [-0.25, -0.2) is 0 Å². The van der Waals surface area contributed by atoms with Gasteiger partial charge in [-0.05, 0) is 12.8 Å². The van der Waals surface area contributed by atoms with E-state index in [1.807, 2.05) is 11.9 Å². The molecule has 0 saturated carbocycles. The van der Waals surface area contributed by atoms with E-state index in [1.54, 1.807) is 4.90 Å². The van der Waals surface area contributed by atoms with E-state index in [0.29, 0.717) is 0 Å². The van der Waals surface area contributed by atoms with E-state index in [2.05, 4.69) is 12.0 Å². The number of hydrazone groups is 1. The molecule has 0 bridgehead atoms. The summed E-state index contributed by atoms with van der Waals surface area (Å²) in [7, 11) is 0. The van der Waals surface area contributed by atoms with E-state index >= 15 is 0 Å². The zero-order valence-electron chi connectivity index (χ0n) is 10.2. The van der Waals surface area contributed by atoms with Crippen LogP contribution in [0.4, 0.5) is 0 Å². The molecular formula is C10H16Cl5N3. The Kier molecular flexibility index (Phi) is 6.01. The second-order valence-electron chi connectivity index (χ2n) is 4.08. The quantitative estimate of drug-likeness (QED) is 0.531. The van der Waals surface area contributed by atoms with Crippen LogP contribution in [0.2, 0.25) is 0 Å². The number of hydrogen-bond donors (Lipinski definition) is 0. The summed E-state index contributed by atoms with van der Waals surface area (Å²) in [6.07, 6.45) is 4.33. The van der Waals surface area contributed by atoms with Crippen LogP contribution in [0, 0.1) is 0 Å². The molecule has 1 heterocycles. The zero-order valence-corrected chi connectivity index (χ0v) is 14.0. The van der Waals surface area contributed by atoms with Gasteiger partial charge in [-0.2, -0.15) is 5.10 Å². The molecule has 18 heavy (non-hydrogen) atoms. The first-order valence-electron chi connectivity index (χ1n) is 5.79. The van der Waals surface area contributed by atoms with Crippen LogP contribution in [0.1, 0.15) is 33.1 Å². The van der Waals surface area contributed by atoms with Crippen molar-refractivity contribution in [3.05, 3.63) is 0 Å². The summed E-state index contributed by atoms with van der Waals surface area (Å²) in [5, 5.41) is 6.19. The van der Waals surface area contributed by atoms with Crippen molar-refractivity contribution in [1.82, 2.24) is 9.91 Å². The first-order valence-corrected chi connectivity index (χ1v) is 7.68. The molecule has 1 aliphatic heterocycles. The molecule has 0 aromatic rings. The van der Waals surface area contributed by atoms with Gasteiger partial charge in [0, 0.05) is 6.54 Å². The second kappa shape index (κ2) is 6.45. The van der Waals surface area contributed by atoms with E-state index in [-0.39, 0.29) is 6.17 Å². The molecule has 106 valence electrons. The summed E-state index contributed by atoms with van der Waals surface area (Å²) in [5.74, 6) is 0. The predicted octanol–water partition coefficient (Wildman–Crippen LogP) is 4.59. The lowest BCUT2D eigenvalue weighted by molar-refractivity contribution is 0.108. The summed E-state index contributed by atoms with van der Waals surface area (Å²) in [5.41, 5.74) is 0. The number of hydrogen-bond acceptors (Lipinski definition) is 3. The molecule has 0 radical (unpaired) electrons. The van der Waals surface area contributed by atoms with E-state index in [0.717, 1.165) is 25.8 Å². The molecule has 0 aromatic heterocycles. The fourth-order valence-corrected chi connectivity index (χ4v) is 2.37. The molecule has 1 aliphatic rings. The molecule has 3 nitrogen and oxygen atoms in total. The van der Waals surface area contributed by atoms with Gasteiger partial charge >= 0.3 is 0 Å². The fourth-order valence-electron chi connectivity index (χ4n) is 1.76. The summed E-state index contributed by atoms with van der Waals surface area (Å²) in [6, 6.07) is 0. The molecule has 0 saturated heterocycles.